The Morgan fingerprint density at radius 1 is 1.83 bits per heavy atom. The van der Waals surface area contributed by atoms with Crippen molar-refractivity contribution in [2.45, 2.75) is 0 Å². The van der Waals surface area contributed by atoms with Crippen LogP contribution in [0.1, 0.15) is 0 Å². The second-order valence-electron chi connectivity index (χ2n) is 0.488. The van der Waals surface area contributed by atoms with Gasteiger partial charge in [0.05, 0.1) is 0 Å². The summed E-state index contributed by atoms with van der Waals surface area (Å²) in [6, 6.07) is 0. The molecule has 0 amide bonds. The molecule has 0 heterocycles. The minimum atomic E-state index is -0.359. The van der Waals surface area contributed by atoms with Crippen LogP contribution in [-0.4, -0.2) is 10.8 Å². The topological polar surface area (TPSA) is 17.1 Å². The van der Waals surface area contributed by atoms with Gasteiger partial charge in [-0.3, -0.25) is 4.79 Å². The first-order valence-corrected chi connectivity index (χ1v) is 4.11. The zero-order chi connectivity index (χ0) is 4.99. The Balaban J connectivity index is 2.83. The van der Waals surface area contributed by atoms with E-state index in [1.807, 2.05) is 0 Å². The molecule has 0 aliphatic heterocycles. The third-order valence-electron chi connectivity index (χ3n) is 0.149. The molecule has 0 aromatic carbocycles. The Morgan fingerprint density at radius 3 is 2.33 bits per heavy atom. The van der Waals surface area contributed by atoms with Crippen LogP contribution < -0.4 is 0 Å². The van der Waals surface area contributed by atoms with Gasteiger partial charge in [0.25, 0.3) is 4.57 Å². The van der Waals surface area contributed by atoms with Gasteiger partial charge < -0.3 is 0 Å². The number of carbonyl (C=O) groups excluding carboxylic acids is 1. The van der Waals surface area contributed by atoms with Gasteiger partial charge >= 0.3 is 0 Å². The quantitative estimate of drug-likeness (QED) is 0.413. The minimum absolute atomic E-state index is 0.359. The Kier molecular flexibility index (Phi) is 4.26. The van der Waals surface area contributed by atoms with E-state index in [1.165, 1.54) is 10.8 Å². The molecule has 0 aromatic rings. The van der Waals surface area contributed by atoms with Crippen molar-refractivity contribution < 1.29 is 4.79 Å². The monoisotopic (exact) mass is 142 g/mol. The summed E-state index contributed by atoms with van der Waals surface area (Å²) >= 11 is 4.88. The highest BCUT2D eigenvalue weighted by Crippen LogP contribution is 2.20. The van der Waals surface area contributed by atoms with E-state index >= 15 is 0 Å². The number of carbonyl (C=O) groups is 1. The van der Waals surface area contributed by atoms with Crippen molar-refractivity contribution in [1.29, 1.82) is 0 Å². The lowest BCUT2D eigenvalue weighted by molar-refractivity contribution is 0.276. The van der Waals surface area contributed by atoms with E-state index in [1.54, 1.807) is 6.26 Å². The molecule has 0 spiro atoms. The Bertz CT molecular complexity index is 55.5. The molecule has 0 unspecified atom stereocenters. The van der Waals surface area contributed by atoms with Crippen molar-refractivity contribution in [3.05, 3.63) is 0 Å². The van der Waals surface area contributed by atoms with Crippen molar-refractivity contribution in [2.75, 3.05) is 6.26 Å². The minimum Gasteiger partial charge on any atom is -0.267 e. The van der Waals surface area contributed by atoms with Crippen LogP contribution in [0.5, 0.6) is 0 Å². The maximum Gasteiger partial charge on any atom is 0.290 e. The van der Waals surface area contributed by atoms with Crippen molar-refractivity contribution in [3.63, 3.8) is 0 Å². The summed E-state index contributed by atoms with van der Waals surface area (Å²) in [6.45, 7) is 0. The second-order valence-corrected chi connectivity index (χ2v) is 3.43. The molecule has 0 aliphatic rings. The number of hydrogen-bond acceptors (Lipinski definition) is 3. The molecule has 0 bridgehead atoms. The summed E-state index contributed by atoms with van der Waals surface area (Å²) < 4.78 is -0.359. The van der Waals surface area contributed by atoms with Gasteiger partial charge in [-0.05, 0) is 28.7 Å². The summed E-state index contributed by atoms with van der Waals surface area (Å²) in [5.41, 5.74) is 0. The molecule has 6 heavy (non-hydrogen) atoms. The standard InChI is InChI=1S/C2H3ClOS2/c1-5-6-2(3)4/h1H3. The fourth-order valence-electron chi connectivity index (χ4n) is 0.0655. The molecule has 1 nitrogen and oxygen atoms in total. The predicted molar refractivity (Wildman–Crippen MR) is 32.4 cm³/mol. The molecule has 0 saturated heterocycles. The highest BCUT2D eigenvalue weighted by Gasteiger charge is 1.89. The molecule has 0 aromatic heterocycles. The van der Waals surface area contributed by atoms with E-state index in [0.29, 0.717) is 0 Å². The molecule has 0 radical (unpaired) electrons. The molecule has 0 atom stereocenters. The average molecular weight is 143 g/mol. The van der Waals surface area contributed by atoms with Crippen LogP contribution in [0.4, 0.5) is 4.79 Å². The third kappa shape index (κ3) is 4.66. The number of hydrogen-bond donors (Lipinski definition) is 0. The predicted octanol–water partition coefficient (Wildman–Crippen LogP) is 2.36. The van der Waals surface area contributed by atoms with Crippen LogP contribution in [0.3, 0.4) is 0 Å². The first-order chi connectivity index (χ1) is 2.77. The van der Waals surface area contributed by atoms with Crippen LogP contribution in [0.2, 0.25) is 0 Å². The van der Waals surface area contributed by atoms with Gasteiger partial charge in [0, 0.05) is 0 Å². The van der Waals surface area contributed by atoms with Gasteiger partial charge in [0.1, 0.15) is 0 Å². The lowest BCUT2D eigenvalue weighted by Crippen LogP contribution is -1.59. The first kappa shape index (κ1) is 6.66. The van der Waals surface area contributed by atoms with Crippen molar-refractivity contribution in [1.82, 2.24) is 0 Å². The smallest absolute Gasteiger partial charge is 0.267 e. The normalized spacial score (nSPS) is 8.33. The SMILES string of the molecule is CSSC(=O)Cl. The van der Waals surface area contributed by atoms with Gasteiger partial charge in [-0.15, -0.1) is 0 Å². The van der Waals surface area contributed by atoms with Crippen molar-refractivity contribution in [3.8, 4) is 0 Å². The summed E-state index contributed by atoms with van der Waals surface area (Å²) in [5.74, 6) is 0. The van der Waals surface area contributed by atoms with E-state index in [2.05, 4.69) is 0 Å². The average Bonchev–Trinajstić information content (AvgIpc) is 1.35. The molecule has 0 aliphatic carbocycles. The van der Waals surface area contributed by atoms with Crippen molar-refractivity contribution >= 4 is 37.8 Å². The molecule has 36 valence electrons. The molecular formula is C2H3ClOS2. The highest BCUT2D eigenvalue weighted by atomic mass is 35.5. The van der Waals surface area contributed by atoms with Gasteiger partial charge in [0.15, 0.2) is 0 Å². The lowest BCUT2D eigenvalue weighted by Gasteiger charge is -1.77. The van der Waals surface area contributed by atoms with Crippen LogP contribution in [0, 0.1) is 0 Å². The summed E-state index contributed by atoms with van der Waals surface area (Å²) in [4.78, 5) is 9.75. The zero-order valence-electron chi connectivity index (χ0n) is 3.10. The number of rotatable bonds is 1. The molecule has 0 rings (SSSR count). The molecule has 0 saturated carbocycles. The van der Waals surface area contributed by atoms with Crippen LogP contribution in [-0.2, 0) is 0 Å². The third-order valence-corrected chi connectivity index (χ3v) is 1.91. The van der Waals surface area contributed by atoms with Crippen LogP contribution in [0.25, 0.3) is 0 Å². The van der Waals surface area contributed by atoms with E-state index in [-0.39, 0.29) is 4.57 Å². The highest BCUT2D eigenvalue weighted by molar-refractivity contribution is 8.82. The fourth-order valence-corrected chi connectivity index (χ4v) is 1.16. The first-order valence-electron chi connectivity index (χ1n) is 1.17. The van der Waals surface area contributed by atoms with Crippen LogP contribution >= 0.6 is 33.2 Å². The van der Waals surface area contributed by atoms with E-state index in [9.17, 15) is 4.79 Å². The van der Waals surface area contributed by atoms with Gasteiger partial charge in [-0.1, -0.05) is 10.8 Å². The second kappa shape index (κ2) is 3.84. The molecule has 0 N–H and O–H groups in total. The summed E-state index contributed by atoms with van der Waals surface area (Å²) in [5, 5.41) is 0. The van der Waals surface area contributed by atoms with Gasteiger partial charge in [-0.25, -0.2) is 0 Å². The number of halogens is 1. The summed E-state index contributed by atoms with van der Waals surface area (Å²) in [6.07, 6.45) is 1.80. The lowest BCUT2D eigenvalue weighted by atomic mass is 11.8. The Morgan fingerprint density at radius 2 is 2.33 bits per heavy atom. The maximum atomic E-state index is 9.75. The van der Waals surface area contributed by atoms with E-state index < -0.39 is 0 Å². The fraction of sp³-hybridized carbons (Fsp3) is 0.500. The molecular weight excluding hydrogens is 140 g/mol. The van der Waals surface area contributed by atoms with Gasteiger partial charge in [-0.2, -0.15) is 0 Å². The molecule has 4 heteroatoms. The summed E-state index contributed by atoms with van der Waals surface area (Å²) in [7, 11) is 2.37. The molecule has 0 fully saturated rings. The van der Waals surface area contributed by atoms with Crippen LogP contribution in [0.15, 0.2) is 0 Å². The van der Waals surface area contributed by atoms with Gasteiger partial charge in [0.2, 0.25) is 0 Å². The van der Waals surface area contributed by atoms with E-state index in [0.717, 1.165) is 10.8 Å². The zero-order valence-corrected chi connectivity index (χ0v) is 5.49. The maximum absolute atomic E-state index is 9.75. The largest absolute Gasteiger partial charge is 0.290 e. The van der Waals surface area contributed by atoms with Crippen molar-refractivity contribution in [2.24, 2.45) is 0 Å². The Hall–Kier alpha value is 0.660. The van der Waals surface area contributed by atoms with E-state index in [4.69, 9.17) is 11.6 Å². The Labute approximate surface area is 49.2 Å².